The van der Waals surface area contributed by atoms with E-state index in [-0.39, 0.29) is 20.8 Å². The van der Waals surface area contributed by atoms with Crippen molar-refractivity contribution in [1.29, 1.82) is 0 Å². The zero-order valence-corrected chi connectivity index (χ0v) is 28.2. The Morgan fingerprint density at radius 1 is 0.854 bits per heavy atom. The van der Waals surface area contributed by atoms with Crippen molar-refractivity contribution in [2.75, 3.05) is 36.2 Å². The molecular formula is C29H42Cl2N5O2PS2. The molecule has 0 spiro atoms. The summed E-state index contributed by atoms with van der Waals surface area (Å²) in [6, 6.07) is 11.5. The fourth-order valence-electron chi connectivity index (χ4n) is 5.78. The second-order valence-electron chi connectivity index (χ2n) is 11.7. The van der Waals surface area contributed by atoms with E-state index in [0.29, 0.717) is 15.8 Å². The molecule has 0 amide bonds. The zero-order valence-electron chi connectivity index (χ0n) is 24.2. The summed E-state index contributed by atoms with van der Waals surface area (Å²) < 4.78 is 39.9. The number of rotatable bonds is 6. The number of hydrogen-bond acceptors (Lipinski definition) is 3. The Kier molecular flexibility index (Phi) is 11.2. The maximum absolute atomic E-state index is 13.3. The molecule has 41 heavy (non-hydrogen) atoms. The summed E-state index contributed by atoms with van der Waals surface area (Å²) in [5.41, 5.74) is 0.796. The van der Waals surface area contributed by atoms with Gasteiger partial charge >= 0.3 is 0 Å². The lowest BCUT2D eigenvalue weighted by molar-refractivity contribution is 0.368. The van der Waals surface area contributed by atoms with Crippen molar-refractivity contribution in [1.82, 2.24) is 9.34 Å². The minimum atomic E-state index is -4.02. The highest BCUT2D eigenvalue weighted by Crippen LogP contribution is 2.67. The molecule has 0 saturated carbocycles. The van der Waals surface area contributed by atoms with Crippen LogP contribution in [0.15, 0.2) is 52.1 Å². The van der Waals surface area contributed by atoms with E-state index in [1.54, 1.807) is 36.4 Å². The number of para-hydroxylation sites is 1. The molecule has 12 heteroatoms. The van der Waals surface area contributed by atoms with Gasteiger partial charge in [-0.3, -0.25) is 14.1 Å². The summed E-state index contributed by atoms with van der Waals surface area (Å²) in [7, 11) is -6.28. The van der Waals surface area contributed by atoms with Gasteiger partial charge in [0.25, 0.3) is 10.0 Å². The third kappa shape index (κ3) is 7.86. The largest absolute Gasteiger partial charge is 0.331 e. The van der Waals surface area contributed by atoms with Crippen LogP contribution in [-0.2, 0) is 10.0 Å². The van der Waals surface area contributed by atoms with Crippen molar-refractivity contribution >= 4 is 69.3 Å². The van der Waals surface area contributed by atoms with Gasteiger partial charge in [0, 0.05) is 37.0 Å². The van der Waals surface area contributed by atoms with Gasteiger partial charge in [0.1, 0.15) is 12.3 Å². The normalized spacial score (nSPS) is 18.3. The van der Waals surface area contributed by atoms with Crippen LogP contribution < -0.4 is 10.0 Å². The van der Waals surface area contributed by atoms with Gasteiger partial charge in [-0.1, -0.05) is 81.8 Å². The van der Waals surface area contributed by atoms with Gasteiger partial charge in [-0.15, -0.1) is 0 Å². The third-order valence-electron chi connectivity index (χ3n) is 7.67. The summed E-state index contributed by atoms with van der Waals surface area (Å²) in [6.45, 7) is 11.0. The first kappa shape index (κ1) is 32.7. The van der Waals surface area contributed by atoms with Crippen molar-refractivity contribution in [3.05, 3.63) is 52.5 Å². The van der Waals surface area contributed by atoms with E-state index in [0.717, 1.165) is 51.9 Å². The lowest BCUT2D eigenvalue weighted by Gasteiger charge is -2.50. The zero-order chi connectivity index (χ0) is 29.7. The average molecular weight is 659 g/mol. The van der Waals surface area contributed by atoms with E-state index < -0.39 is 17.4 Å². The summed E-state index contributed by atoms with van der Waals surface area (Å²) in [6.07, 6.45) is 9.63. The fraction of sp³-hybridized carbons (Fsp3) is 0.552. The predicted molar refractivity (Wildman–Crippen MR) is 179 cm³/mol. The van der Waals surface area contributed by atoms with E-state index in [4.69, 9.17) is 40.2 Å². The molecule has 2 heterocycles. The number of benzene rings is 2. The third-order valence-corrected chi connectivity index (χ3v) is 14.8. The van der Waals surface area contributed by atoms with Gasteiger partial charge in [-0.2, -0.15) is 0 Å². The van der Waals surface area contributed by atoms with Crippen LogP contribution in [0.1, 0.15) is 72.1 Å². The molecule has 0 aliphatic carbocycles. The molecular weight excluding hydrogens is 616 g/mol. The molecule has 2 saturated heterocycles. The summed E-state index contributed by atoms with van der Waals surface area (Å²) in [5.74, 6) is 0. The summed E-state index contributed by atoms with van der Waals surface area (Å²) >= 11 is 18.5. The SMILES string of the molecule is CC(C)(C)P(=NC(=S)Nc1ccc(Cl)c(S(=O)(=O)Nc2ccccc2Cl)c1)(N1CCCCCC1)N1CCCCCC1. The minimum absolute atomic E-state index is 0.0659. The van der Waals surface area contributed by atoms with Crippen molar-refractivity contribution in [2.45, 2.75) is 82.2 Å². The van der Waals surface area contributed by atoms with Crippen molar-refractivity contribution in [3.8, 4) is 0 Å². The van der Waals surface area contributed by atoms with Crippen molar-refractivity contribution in [3.63, 3.8) is 0 Å². The molecule has 0 atom stereocenters. The fourth-order valence-corrected chi connectivity index (χ4v) is 12.7. The second kappa shape index (κ2) is 14.1. The van der Waals surface area contributed by atoms with Crippen molar-refractivity contribution in [2.24, 2.45) is 4.74 Å². The van der Waals surface area contributed by atoms with Crippen LogP contribution in [0.5, 0.6) is 0 Å². The highest BCUT2D eigenvalue weighted by molar-refractivity contribution is 7.92. The highest BCUT2D eigenvalue weighted by atomic mass is 35.5. The van der Waals surface area contributed by atoms with Crippen LogP contribution in [0.3, 0.4) is 0 Å². The Hall–Kier alpha value is -1.19. The van der Waals surface area contributed by atoms with E-state index in [1.807, 2.05) is 0 Å². The van der Waals surface area contributed by atoms with Crippen LogP contribution in [-0.4, -0.2) is 54.2 Å². The van der Waals surface area contributed by atoms with Gasteiger partial charge in [0.2, 0.25) is 0 Å². The first-order valence-corrected chi connectivity index (χ1v) is 18.7. The quantitative estimate of drug-likeness (QED) is 0.238. The highest BCUT2D eigenvalue weighted by Gasteiger charge is 2.44. The maximum atomic E-state index is 13.3. The molecule has 0 unspecified atom stereocenters. The van der Waals surface area contributed by atoms with E-state index in [2.05, 4.69) is 40.2 Å². The number of halogens is 2. The van der Waals surface area contributed by atoms with E-state index in [1.165, 1.54) is 31.7 Å². The Morgan fingerprint density at radius 2 is 1.39 bits per heavy atom. The minimum Gasteiger partial charge on any atom is -0.331 e. The lowest BCUT2D eigenvalue weighted by Crippen LogP contribution is -2.42. The van der Waals surface area contributed by atoms with Crippen LogP contribution in [0.4, 0.5) is 11.4 Å². The topological polar surface area (TPSA) is 77.0 Å². The molecule has 0 bridgehead atoms. The second-order valence-corrected chi connectivity index (χ2v) is 18.4. The molecule has 2 N–H and O–H groups in total. The van der Waals surface area contributed by atoms with Crippen LogP contribution in [0.25, 0.3) is 0 Å². The van der Waals surface area contributed by atoms with E-state index in [9.17, 15) is 8.42 Å². The number of hydrogen-bond donors (Lipinski definition) is 2. The Bertz CT molecular complexity index is 1360. The predicted octanol–water partition coefficient (Wildman–Crippen LogP) is 9.07. The Morgan fingerprint density at radius 3 is 1.90 bits per heavy atom. The first-order valence-electron chi connectivity index (χ1n) is 14.5. The molecule has 4 rings (SSSR count). The summed E-state index contributed by atoms with van der Waals surface area (Å²) in [5, 5.41) is 3.90. The number of nitrogens with one attached hydrogen (secondary N) is 2. The van der Waals surface area contributed by atoms with Gasteiger partial charge < -0.3 is 5.32 Å². The van der Waals surface area contributed by atoms with Crippen molar-refractivity contribution < 1.29 is 8.42 Å². The van der Waals surface area contributed by atoms with Crippen LogP contribution in [0.2, 0.25) is 10.0 Å². The van der Waals surface area contributed by atoms with Gasteiger partial charge in [0.05, 0.1) is 15.7 Å². The molecule has 0 aromatic heterocycles. The number of nitrogens with zero attached hydrogens (tertiary/aromatic N) is 3. The van der Waals surface area contributed by atoms with E-state index >= 15 is 0 Å². The van der Waals surface area contributed by atoms with Gasteiger partial charge in [0.15, 0.2) is 5.11 Å². The summed E-state index contributed by atoms with van der Waals surface area (Å²) in [4.78, 5) is -0.0659. The number of sulfonamides is 1. The molecule has 2 aliphatic rings. The molecule has 2 fully saturated rings. The standard InChI is InChI=1S/C29H42Cl2N5O2PS2/c1-29(2,3)39(35-18-10-4-5-11-19-35,36-20-12-6-7-13-21-36)33-28(40)32-23-16-17-25(31)27(22-23)41(37,38)34-26-15-9-8-14-24(26)30/h8-9,14-17,22,34H,4-7,10-13,18-21H2,1-3H3,(H,32,40). The molecule has 226 valence electrons. The molecule has 0 radical (unpaired) electrons. The van der Waals surface area contributed by atoms with Gasteiger partial charge in [-0.25, -0.2) is 13.2 Å². The Balaban J connectivity index is 1.71. The molecule has 2 aromatic carbocycles. The van der Waals surface area contributed by atoms with Crippen LogP contribution >= 0.6 is 42.8 Å². The van der Waals surface area contributed by atoms with Crippen LogP contribution in [0, 0.1) is 0 Å². The Labute approximate surface area is 261 Å². The smallest absolute Gasteiger partial charge is 0.263 e. The first-order chi connectivity index (χ1) is 19.4. The maximum Gasteiger partial charge on any atom is 0.263 e. The molecule has 2 aliphatic heterocycles. The number of thiocarbonyl (C=S) groups is 1. The molecule has 2 aromatic rings. The molecule has 7 nitrogen and oxygen atoms in total. The van der Waals surface area contributed by atoms with Gasteiger partial charge in [-0.05, 0) is 68.2 Å². The monoisotopic (exact) mass is 657 g/mol. The number of anilines is 2. The average Bonchev–Trinajstić information content (AvgIpc) is 3.35. The lowest BCUT2D eigenvalue weighted by atomic mass is 10.2.